The Kier molecular flexibility index (Phi) is 15.4. The Balaban J connectivity index is 1.34. The van der Waals surface area contributed by atoms with Crippen LogP contribution in [0, 0.1) is 0 Å². The van der Waals surface area contributed by atoms with Crippen LogP contribution in [-0.2, 0) is 18.9 Å². The van der Waals surface area contributed by atoms with Crippen molar-refractivity contribution in [1.29, 1.82) is 0 Å². The Labute approximate surface area is 268 Å². The summed E-state index contributed by atoms with van der Waals surface area (Å²) in [5.74, 6) is 0. The van der Waals surface area contributed by atoms with Gasteiger partial charge in [0.15, 0.2) is 0 Å². The van der Waals surface area contributed by atoms with E-state index in [4.69, 9.17) is 18.9 Å². The zero-order valence-electron chi connectivity index (χ0n) is 27.3. The number of nitrogens with zero attached hydrogens (tertiary/aromatic N) is 2. The van der Waals surface area contributed by atoms with Gasteiger partial charge in [0.05, 0.1) is 0 Å². The Morgan fingerprint density at radius 1 is 0.558 bits per heavy atom. The van der Waals surface area contributed by atoms with Crippen LogP contribution in [0.5, 0.6) is 0 Å². The Morgan fingerprint density at radius 3 is 1.19 bits per heavy atom. The summed E-state index contributed by atoms with van der Waals surface area (Å²) in [6.07, 6.45) is 22.6. The van der Waals surface area contributed by atoms with E-state index in [0.29, 0.717) is 27.0 Å². The van der Waals surface area contributed by atoms with Gasteiger partial charge in [-0.1, -0.05) is 0 Å². The molecule has 4 heterocycles. The average molecular weight is 662 g/mol. The maximum atomic E-state index is 6.14. The fraction of sp³-hybridized carbons (Fsp3) is 0.722. The van der Waals surface area contributed by atoms with Crippen LogP contribution >= 0.6 is 0 Å². The molecule has 0 aromatic carbocycles. The molecule has 0 saturated carbocycles. The molecule has 2 bridgehead atoms. The molecule has 4 atom stereocenters. The quantitative estimate of drug-likeness (QED) is 0.0622. The van der Waals surface area contributed by atoms with Gasteiger partial charge in [0.25, 0.3) is 0 Å². The zero-order chi connectivity index (χ0) is 30.3. The minimum absolute atomic E-state index is 0.257. The standard InChI is InChI=1S/C36H58N2O4Se/c1-5-9-25-39-35(40-26-10-6-2)29-17-21-37(22-18-29)31-13-15-34-32(14-16-33(31)43-34)38-23-19-30(20-24-38)36(41-27-11-7-3)42-28-12-8-4/h17-24,31-36H,5-16,25-28H2,1-4H3/q+2. The molecule has 2 aromatic rings. The van der Waals surface area contributed by atoms with Crippen LogP contribution in [0.15, 0.2) is 49.1 Å². The zero-order valence-corrected chi connectivity index (χ0v) is 29.0. The van der Waals surface area contributed by atoms with E-state index in [1.54, 1.807) is 0 Å². The molecule has 0 N–H and O–H groups in total. The second kappa shape index (κ2) is 19.2. The number of pyridine rings is 2. The van der Waals surface area contributed by atoms with Crippen molar-refractivity contribution in [3.8, 4) is 0 Å². The molecule has 7 heteroatoms. The van der Waals surface area contributed by atoms with Crippen LogP contribution in [0.25, 0.3) is 0 Å². The number of unbranched alkanes of at least 4 members (excludes halogenated alkanes) is 4. The summed E-state index contributed by atoms with van der Waals surface area (Å²) in [5.41, 5.74) is 2.28. The van der Waals surface area contributed by atoms with E-state index in [0.717, 1.165) is 98.6 Å². The summed E-state index contributed by atoms with van der Waals surface area (Å²) in [7, 11) is 0. The van der Waals surface area contributed by atoms with E-state index in [-0.39, 0.29) is 12.6 Å². The predicted molar refractivity (Wildman–Crippen MR) is 172 cm³/mol. The molecular weight excluding hydrogens is 603 g/mol. The van der Waals surface area contributed by atoms with Crippen molar-refractivity contribution in [2.45, 2.75) is 139 Å². The minimum atomic E-state index is -0.257. The van der Waals surface area contributed by atoms with Gasteiger partial charge in [-0.25, -0.2) is 0 Å². The SMILES string of the molecule is CCCCOC(OCCCC)c1cc[n+](C2CCC3[Se]C2CCC3[n+]2ccc(C(OCCCC)OCCCC)cc2)cc1. The Morgan fingerprint density at radius 2 is 0.884 bits per heavy atom. The van der Waals surface area contributed by atoms with E-state index < -0.39 is 0 Å². The third-order valence-corrected chi connectivity index (χ3v) is 12.6. The van der Waals surface area contributed by atoms with Gasteiger partial charge in [-0.15, -0.1) is 0 Å². The molecule has 240 valence electrons. The number of rotatable bonds is 20. The average Bonchev–Trinajstić information content (AvgIpc) is 3.04. The normalized spacial score (nSPS) is 22.0. The molecule has 2 fully saturated rings. The van der Waals surface area contributed by atoms with Crippen LogP contribution in [0.1, 0.15) is 141 Å². The summed E-state index contributed by atoms with van der Waals surface area (Å²) < 4.78 is 29.5. The first-order valence-electron chi connectivity index (χ1n) is 17.3. The Hall–Kier alpha value is -1.34. The van der Waals surface area contributed by atoms with Crippen LogP contribution in [-0.4, -0.2) is 41.4 Å². The van der Waals surface area contributed by atoms with E-state index in [1.165, 1.54) is 25.7 Å². The molecule has 4 unspecified atom stereocenters. The van der Waals surface area contributed by atoms with Crippen molar-refractivity contribution in [3.05, 3.63) is 60.2 Å². The van der Waals surface area contributed by atoms with E-state index in [1.807, 2.05) is 0 Å². The van der Waals surface area contributed by atoms with Crippen LogP contribution < -0.4 is 9.13 Å². The van der Waals surface area contributed by atoms with Crippen molar-refractivity contribution in [3.63, 3.8) is 0 Å². The van der Waals surface area contributed by atoms with Crippen molar-refractivity contribution in [1.82, 2.24) is 0 Å². The number of hydrogen-bond acceptors (Lipinski definition) is 4. The van der Waals surface area contributed by atoms with Crippen LogP contribution in [0.3, 0.4) is 0 Å². The summed E-state index contributed by atoms with van der Waals surface area (Å²) in [4.78, 5) is 1.61. The molecule has 0 radical (unpaired) electrons. The van der Waals surface area contributed by atoms with E-state index in [2.05, 4.69) is 85.9 Å². The molecule has 0 spiro atoms. The molecule has 4 rings (SSSR count). The molecule has 0 aliphatic carbocycles. The van der Waals surface area contributed by atoms with Crippen molar-refractivity contribution in [2.24, 2.45) is 0 Å². The van der Waals surface area contributed by atoms with Gasteiger partial charge in [0.2, 0.25) is 0 Å². The molecule has 2 aliphatic rings. The van der Waals surface area contributed by atoms with Gasteiger partial charge in [-0.05, 0) is 0 Å². The first kappa shape index (κ1) is 34.5. The fourth-order valence-corrected chi connectivity index (χ4v) is 10.1. The van der Waals surface area contributed by atoms with E-state index in [9.17, 15) is 0 Å². The number of ether oxygens (including phenoxy) is 4. The Bertz CT molecular complexity index is 919. The molecule has 2 saturated heterocycles. The summed E-state index contributed by atoms with van der Waals surface area (Å²) in [5, 5.41) is 0. The number of aromatic nitrogens is 2. The van der Waals surface area contributed by atoms with E-state index >= 15 is 0 Å². The number of fused-ring (bicyclic) bond motifs is 2. The second-order valence-electron chi connectivity index (χ2n) is 12.2. The van der Waals surface area contributed by atoms with Gasteiger partial charge in [-0.2, -0.15) is 0 Å². The molecule has 43 heavy (non-hydrogen) atoms. The molecule has 0 amide bonds. The van der Waals surface area contributed by atoms with Crippen LogP contribution in [0.2, 0.25) is 9.63 Å². The monoisotopic (exact) mass is 662 g/mol. The molecular formula is C36H58N2O4Se+2. The fourth-order valence-electron chi connectivity index (χ4n) is 6.13. The molecule has 6 nitrogen and oxygen atoms in total. The van der Waals surface area contributed by atoms with Gasteiger partial charge in [0, 0.05) is 0 Å². The van der Waals surface area contributed by atoms with Crippen molar-refractivity contribution < 1.29 is 28.1 Å². The summed E-state index contributed by atoms with van der Waals surface area (Å²) in [6, 6.07) is 10.2. The predicted octanol–water partition coefficient (Wildman–Crippen LogP) is 8.18. The van der Waals surface area contributed by atoms with Gasteiger partial charge < -0.3 is 0 Å². The molecule has 2 aromatic heterocycles. The van der Waals surface area contributed by atoms with Gasteiger partial charge >= 0.3 is 269 Å². The van der Waals surface area contributed by atoms with Crippen molar-refractivity contribution >= 4 is 15.0 Å². The molecule has 2 aliphatic heterocycles. The topological polar surface area (TPSA) is 44.7 Å². The van der Waals surface area contributed by atoms with Gasteiger partial charge in [0.1, 0.15) is 0 Å². The van der Waals surface area contributed by atoms with Gasteiger partial charge in [-0.3, -0.25) is 0 Å². The second-order valence-corrected chi connectivity index (χ2v) is 15.3. The summed E-state index contributed by atoms with van der Waals surface area (Å²) in [6.45, 7) is 11.8. The first-order valence-corrected chi connectivity index (χ1v) is 19.3. The first-order chi connectivity index (χ1) is 21.2. The van der Waals surface area contributed by atoms with Crippen LogP contribution in [0.4, 0.5) is 0 Å². The summed E-state index contributed by atoms with van der Waals surface area (Å²) >= 11 is 0.632. The van der Waals surface area contributed by atoms with Crippen molar-refractivity contribution in [2.75, 3.05) is 26.4 Å². The third-order valence-electron chi connectivity index (χ3n) is 8.84. The maximum absolute atomic E-state index is 6.14. The third kappa shape index (κ3) is 10.3. The number of hydrogen-bond donors (Lipinski definition) is 0.